The molecule has 0 aromatic rings. The molecule has 1 aliphatic rings. The molecule has 1 heterocycles. The van der Waals surface area contributed by atoms with Gasteiger partial charge < -0.3 is 0 Å². The van der Waals surface area contributed by atoms with Crippen LogP contribution in [0.25, 0.3) is 0 Å². The molecule has 1 rings (SSSR count). The van der Waals surface area contributed by atoms with E-state index in [1.54, 1.807) is 0 Å². The smallest absolute Gasteiger partial charge is 0.0808 e. The van der Waals surface area contributed by atoms with Crippen LogP contribution in [0.1, 0.15) is 0 Å². The highest BCUT2D eigenvalue weighted by molar-refractivity contribution is 5.02. The predicted octanol–water partition coefficient (Wildman–Crippen LogP) is -0.930. The fourth-order valence-electron chi connectivity index (χ4n) is 0.198. The van der Waals surface area contributed by atoms with Crippen molar-refractivity contribution >= 4 is 0 Å². The minimum absolute atomic E-state index is 0.722. The van der Waals surface area contributed by atoms with Crippen molar-refractivity contribution in [3.8, 4) is 12.0 Å². The second-order valence-electron chi connectivity index (χ2n) is 0.735. The number of nitrogens with one attached hydrogen (secondary N) is 1. The van der Waals surface area contributed by atoms with Crippen LogP contribution in [-0.2, 0) is 0 Å². The zero-order valence-electron chi connectivity index (χ0n) is 2.65. The number of hydrogen-bond acceptors (Lipinski definition) is 1. The van der Waals surface area contributed by atoms with Gasteiger partial charge in [0.25, 0.3) is 0 Å². The Morgan fingerprint density at radius 3 is 3.00 bits per heavy atom. The maximum atomic E-state index is 3.47. The van der Waals surface area contributed by atoms with Crippen LogP contribution in [0.5, 0.6) is 0 Å². The first-order valence-corrected chi connectivity index (χ1v) is 1.40. The Hall–Kier alpha value is -0.680. The summed E-state index contributed by atoms with van der Waals surface area (Å²) in [6, 6.07) is 2.49. The van der Waals surface area contributed by atoms with Crippen LogP contribution in [0, 0.1) is 12.0 Å². The first kappa shape index (κ1) is 2.55. The Bertz CT molecular complexity index is 68.6. The van der Waals surface area contributed by atoms with Crippen molar-refractivity contribution in [2.75, 3.05) is 6.54 Å². The van der Waals surface area contributed by atoms with E-state index in [0.717, 1.165) is 6.54 Å². The lowest BCUT2D eigenvalue weighted by Crippen LogP contribution is -2.13. The van der Waals surface area contributed by atoms with Crippen LogP contribution in [0.4, 0.5) is 0 Å². The molecule has 0 spiro atoms. The summed E-state index contributed by atoms with van der Waals surface area (Å²) in [6.45, 7) is 0.722. The molecule has 2 nitrogen and oxygen atoms in total. The molecule has 0 aliphatic carbocycles. The van der Waals surface area contributed by atoms with E-state index in [2.05, 4.69) is 22.8 Å². The molecule has 0 unspecified atom stereocenters. The van der Waals surface area contributed by atoms with Crippen molar-refractivity contribution in [2.24, 2.45) is 0 Å². The van der Waals surface area contributed by atoms with E-state index in [4.69, 9.17) is 0 Å². The average molecular weight is 67.1 g/mol. The molecule has 0 saturated carbocycles. The molecule has 0 fully saturated rings. The fourth-order valence-corrected chi connectivity index (χ4v) is 0.198. The molecule has 0 amide bonds. The Morgan fingerprint density at radius 1 is 1.80 bits per heavy atom. The van der Waals surface area contributed by atoms with Gasteiger partial charge in [-0.1, -0.05) is 5.92 Å². The Kier molecular flexibility index (Phi) is 0.489. The highest BCUT2D eigenvalue weighted by atomic mass is 15.3. The third-order valence-corrected chi connectivity index (χ3v) is 0.381. The van der Waals surface area contributed by atoms with Gasteiger partial charge in [0.15, 0.2) is 0 Å². The van der Waals surface area contributed by atoms with Gasteiger partial charge in [-0.3, -0.25) is 0 Å². The van der Waals surface area contributed by atoms with Gasteiger partial charge in [0, 0.05) is 0 Å². The summed E-state index contributed by atoms with van der Waals surface area (Å²) < 4.78 is 0. The van der Waals surface area contributed by atoms with Gasteiger partial charge in [0.2, 0.25) is 0 Å². The van der Waals surface area contributed by atoms with Gasteiger partial charge in [0.05, 0.1) is 12.6 Å². The first-order chi connectivity index (χ1) is 2.50. The molecule has 1 radical (unpaired) electrons. The van der Waals surface area contributed by atoms with E-state index in [-0.39, 0.29) is 0 Å². The van der Waals surface area contributed by atoms with E-state index in [1.165, 1.54) is 0 Å². The van der Waals surface area contributed by atoms with Crippen LogP contribution >= 0.6 is 0 Å². The van der Waals surface area contributed by atoms with Gasteiger partial charge in [-0.15, -0.1) is 5.43 Å². The average Bonchev–Trinajstić information content (AvgIpc) is 1.76. The van der Waals surface area contributed by atoms with E-state index in [1.807, 2.05) is 0 Å². The molecular weight excluding hydrogens is 64.0 g/mol. The van der Waals surface area contributed by atoms with Crippen molar-refractivity contribution in [3.05, 3.63) is 0 Å². The standard InChI is InChI=1S/C3H3N2/c1-2-4-5-3-1/h4H,2H2. The summed E-state index contributed by atoms with van der Waals surface area (Å²) in [7, 11) is 0. The van der Waals surface area contributed by atoms with E-state index in [9.17, 15) is 0 Å². The van der Waals surface area contributed by atoms with Crippen molar-refractivity contribution in [1.82, 2.24) is 10.9 Å². The Morgan fingerprint density at radius 2 is 2.80 bits per heavy atom. The summed E-state index contributed by atoms with van der Waals surface area (Å²) >= 11 is 0. The molecule has 5 heavy (non-hydrogen) atoms. The summed E-state index contributed by atoms with van der Waals surface area (Å²) in [5.41, 5.74) is 6.10. The SMILES string of the molecule is C1#C[N]NC1. The fraction of sp³-hybridized carbons (Fsp3) is 0.333. The zero-order chi connectivity index (χ0) is 3.54. The number of hydrogen-bond donors (Lipinski definition) is 1. The van der Waals surface area contributed by atoms with Crippen LogP contribution in [0.15, 0.2) is 0 Å². The molecule has 0 bridgehead atoms. The molecule has 0 atom stereocenters. The second-order valence-corrected chi connectivity index (χ2v) is 0.735. The van der Waals surface area contributed by atoms with Crippen molar-refractivity contribution in [3.63, 3.8) is 0 Å². The van der Waals surface area contributed by atoms with Gasteiger partial charge in [-0.2, -0.15) is 5.43 Å². The highest BCUT2D eigenvalue weighted by Gasteiger charge is 1.80. The number of rotatable bonds is 0. The molecule has 0 aromatic heterocycles. The van der Waals surface area contributed by atoms with Gasteiger partial charge in [-0.25, -0.2) is 0 Å². The Balaban J connectivity index is 2.42. The second kappa shape index (κ2) is 0.958. The van der Waals surface area contributed by atoms with Gasteiger partial charge in [-0.05, 0) is 0 Å². The molecule has 0 aromatic carbocycles. The summed E-state index contributed by atoms with van der Waals surface area (Å²) in [6.07, 6.45) is 0. The minimum atomic E-state index is 0.722. The van der Waals surface area contributed by atoms with Crippen molar-refractivity contribution in [2.45, 2.75) is 0 Å². The van der Waals surface area contributed by atoms with Crippen LogP contribution < -0.4 is 10.9 Å². The van der Waals surface area contributed by atoms with E-state index < -0.39 is 0 Å². The molecule has 2 heteroatoms. The van der Waals surface area contributed by atoms with E-state index >= 15 is 0 Å². The third kappa shape index (κ3) is 0.310. The van der Waals surface area contributed by atoms with Crippen LogP contribution in [0.3, 0.4) is 0 Å². The lowest BCUT2D eigenvalue weighted by Gasteiger charge is -1.75. The van der Waals surface area contributed by atoms with Gasteiger partial charge >= 0.3 is 0 Å². The molecule has 1 N–H and O–H groups in total. The minimum Gasteiger partial charge on any atom is -0.193 e. The Labute approximate surface area is 30.5 Å². The normalized spacial score (nSPS) is 16.0. The summed E-state index contributed by atoms with van der Waals surface area (Å²) in [5, 5.41) is 0. The predicted molar refractivity (Wildman–Crippen MR) is 17.9 cm³/mol. The quantitative estimate of drug-likeness (QED) is 0.364. The largest absolute Gasteiger partial charge is 0.193 e. The number of nitrogens with zero attached hydrogens (tertiary/aromatic N) is 1. The third-order valence-electron chi connectivity index (χ3n) is 0.381. The zero-order valence-corrected chi connectivity index (χ0v) is 2.65. The van der Waals surface area contributed by atoms with Gasteiger partial charge in [0.1, 0.15) is 0 Å². The van der Waals surface area contributed by atoms with E-state index in [0.29, 0.717) is 0 Å². The maximum Gasteiger partial charge on any atom is 0.0808 e. The van der Waals surface area contributed by atoms with Crippen LogP contribution in [-0.4, -0.2) is 6.54 Å². The lowest BCUT2D eigenvalue weighted by atomic mass is 10.7. The topological polar surface area (TPSA) is 26.1 Å². The summed E-state index contributed by atoms with van der Waals surface area (Å²) in [4.78, 5) is 0. The van der Waals surface area contributed by atoms with Crippen molar-refractivity contribution in [1.29, 1.82) is 0 Å². The molecular formula is C3H3N2. The highest BCUT2D eigenvalue weighted by Crippen LogP contribution is 1.57. The van der Waals surface area contributed by atoms with Crippen LogP contribution in [0.2, 0.25) is 0 Å². The maximum absolute atomic E-state index is 3.47. The first-order valence-electron chi connectivity index (χ1n) is 1.40. The monoisotopic (exact) mass is 67.0 g/mol. The molecule has 1 aliphatic heterocycles. The lowest BCUT2D eigenvalue weighted by molar-refractivity contribution is 0.725. The molecule has 0 saturated heterocycles. The summed E-state index contributed by atoms with van der Waals surface area (Å²) in [5.74, 6) is 2.69. The van der Waals surface area contributed by atoms with Crippen molar-refractivity contribution < 1.29 is 0 Å². The molecule has 25 valence electrons.